The van der Waals surface area contributed by atoms with Crippen LogP contribution in [-0.4, -0.2) is 21.1 Å². The minimum absolute atomic E-state index is 0.193. The average molecular weight is 373 g/mol. The molecule has 4 aromatic rings. The lowest BCUT2D eigenvalue weighted by Crippen LogP contribution is -2.13. The van der Waals surface area contributed by atoms with E-state index in [0.717, 1.165) is 0 Å². The number of aromatic nitrogens is 3. The molecule has 1 amide bonds. The number of halogens is 2. The molecule has 0 spiro atoms. The highest BCUT2D eigenvalue weighted by atomic mass is 35.5. The summed E-state index contributed by atoms with van der Waals surface area (Å²) in [5, 5.41) is 9.81. The Morgan fingerprint density at radius 3 is 2.48 bits per heavy atom. The number of para-hydroxylation sites is 1. The quantitative estimate of drug-likeness (QED) is 0.497. The molecule has 3 N–H and O–H groups in total. The van der Waals surface area contributed by atoms with Gasteiger partial charge >= 0.3 is 0 Å². The zero-order chi connectivity index (χ0) is 17.6. The van der Waals surface area contributed by atoms with Gasteiger partial charge in [-0.15, -0.1) is 0 Å². The Kier molecular flexibility index (Phi) is 3.71. The van der Waals surface area contributed by atoms with Crippen molar-refractivity contribution in [3.63, 3.8) is 0 Å². The largest absolute Gasteiger partial charge is 0.320 e. The van der Waals surface area contributed by atoms with Crippen molar-refractivity contribution < 1.29 is 4.79 Å². The number of carbonyl (C=O) groups excluding carboxylic acids is 1. The van der Waals surface area contributed by atoms with E-state index in [9.17, 15) is 9.59 Å². The number of anilines is 1. The number of benzene rings is 2. The molecule has 6 nitrogen and oxygen atoms in total. The number of amides is 1. The molecule has 0 aliphatic rings. The molecule has 4 rings (SSSR count). The molecule has 124 valence electrons. The maximum absolute atomic E-state index is 12.6. The molecular weight excluding hydrogens is 363 g/mol. The molecule has 25 heavy (non-hydrogen) atoms. The molecule has 0 fully saturated rings. The molecule has 0 radical (unpaired) electrons. The SMILES string of the molecule is O=C(Nc1cccc2c1ncc1c(=O)[nH][nH]c12)c1c(Cl)cccc1Cl. The fourth-order valence-corrected chi connectivity index (χ4v) is 3.29. The second kappa shape index (κ2) is 5.91. The Hall–Kier alpha value is -2.83. The van der Waals surface area contributed by atoms with Crippen LogP contribution >= 0.6 is 23.2 Å². The lowest BCUT2D eigenvalue weighted by atomic mass is 10.1. The van der Waals surface area contributed by atoms with Crippen LogP contribution in [0.2, 0.25) is 10.0 Å². The van der Waals surface area contributed by atoms with Crippen LogP contribution in [0, 0.1) is 0 Å². The van der Waals surface area contributed by atoms with E-state index in [1.807, 2.05) is 6.07 Å². The van der Waals surface area contributed by atoms with E-state index in [-0.39, 0.29) is 21.2 Å². The first kappa shape index (κ1) is 15.7. The minimum atomic E-state index is -0.437. The smallest absolute Gasteiger partial charge is 0.273 e. The summed E-state index contributed by atoms with van der Waals surface area (Å²) in [5.41, 5.74) is 1.60. The first-order valence-corrected chi connectivity index (χ1v) is 8.05. The predicted molar refractivity (Wildman–Crippen MR) is 98.6 cm³/mol. The topological polar surface area (TPSA) is 90.6 Å². The highest BCUT2D eigenvalue weighted by molar-refractivity contribution is 6.40. The van der Waals surface area contributed by atoms with Gasteiger partial charge in [0.2, 0.25) is 0 Å². The Balaban J connectivity index is 1.83. The molecule has 0 bridgehead atoms. The van der Waals surface area contributed by atoms with Gasteiger partial charge in [0.15, 0.2) is 0 Å². The van der Waals surface area contributed by atoms with Crippen LogP contribution in [0.5, 0.6) is 0 Å². The Morgan fingerprint density at radius 2 is 1.72 bits per heavy atom. The first-order valence-electron chi connectivity index (χ1n) is 7.29. The van der Waals surface area contributed by atoms with Crippen LogP contribution in [-0.2, 0) is 0 Å². The zero-order valence-electron chi connectivity index (χ0n) is 12.6. The molecule has 0 aliphatic carbocycles. The molecule has 2 heterocycles. The van der Waals surface area contributed by atoms with Crippen LogP contribution in [0.25, 0.3) is 21.8 Å². The van der Waals surface area contributed by atoms with Crippen molar-refractivity contribution >= 4 is 56.6 Å². The van der Waals surface area contributed by atoms with Gasteiger partial charge in [0.05, 0.1) is 37.7 Å². The van der Waals surface area contributed by atoms with Gasteiger partial charge in [0.25, 0.3) is 11.5 Å². The van der Waals surface area contributed by atoms with Gasteiger partial charge in [-0.25, -0.2) is 0 Å². The molecule has 2 aromatic carbocycles. The third-order valence-electron chi connectivity index (χ3n) is 3.88. The summed E-state index contributed by atoms with van der Waals surface area (Å²) < 4.78 is 0. The Bertz CT molecular complexity index is 1180. The number of carbonyl (C=O) groups is 1. The third-order valence-corrected chi connectivity index (χ3v) is 4.51. The number of rotatable bonds is 2. The van der Waals surface area contributed by atoms with E-state index in [1.54, 1.807) is 30.3 Å². The lowest BCUT2D eigenvalue weighted by molar-refractivity contribution is 0.102. The fraction of sp³-hybridized carbons (Fsp3) is 0. The normalized spacial score (nSPS) is 11.1. The first-order chi connectivity index (χ1) is 12.1. The summed E-state index contributed by atoms with van der Waals surface area (Å²) in [6.07, 6.45) is 1.46. The van der Waals surface area contributed by atoms with Crippen molar-refractivity contribution in [1.82, 2.24) is 15.2 Å². The molecular formula is C17H10Cl2N4O2. The van der Waals surface area contributed by atoms with E-state index in [4.69, 9.17) is 23.2 Å². The highest BCUT2D eigenvalue weighted by Gasteiger charge is 2.17. The van der Waals surface area contributed by atoms with E-state index in [2.05, 4.69) is 20.5 Å². The average Bonchev–Trinajstić information content (AvgIpc) is 2.97. The van der Waals surface area contributed by atoms with Crippen LogP contribution < -0.4 is 10.9 Å². The molecule has 0 unspecified atom stereocenters. The van der Waals surface area contributed by atoms with Crippen LogP contribution in [0.4, 0.5) is 5.69 Å². The fourth-order valence-electron chi connectivity index (χ4n) is 2.72. The van der Waals surface area contributed by atoms with E-state index in [0.29, 0.717) is 27.5 Å². The van der Waals surface area contributed by atoms with Crippen LogP contribution in [0.1, 0.15) is 10.4 Å². The van der Waals surface area contributed by atoms with Gasteiger partial charge in [-0.1, -0.05) is 41.4 Å². The number of H-pyrrole nitrogens is 2. The third kappa shape index (κ3) is 2.56. The lowest BCUT2D eigenvalue weighted by Gasteiger charge is -2.10. The molecule has 0 saturated carbocycles. The van der Waals surface area contributed by atoms with Gasteiger partial charge < -0.3 is 5.32 Å². The minimum Gasteiger partial charge on any atom is -0.320 e. The van der Waals surface area contributed by atoms with Crippen LogP contribution in [0.3, 0.4) is 0 Å². The molecule has 8 heteroatoms. The second-order valence-electron chi connectivity index (χ2n) is 5.38. The molecule has 0 saturated heterocycles. The second-order valence-corrected chi connectivity index (χ2v) is 6.19. The van der Waals surface area contributed by atoms with Crippen molar-refractivity contribution in [1.29, 1.82) is 0 Å². The number of nitrogens with one attached hydrogen (secondary N) is 3. The van der Waals surface area contributed by atoms with E-state index in [1.165, 1.54) is 6.20 Å². The number of aromatic amines is 2. The summed E-state index contributed by atoms with van der Waals surface area (Å²) in [5.74, 6) is -0.437. The van der Waals surface area contributed by atoms with Gasteiger partial charge in [-0.05, 0) is 18.2 Å². The van der Waals surface area contributed by atoms with Crippen molar-refractivity contribution in [3.8, 4) is 0 Å². The van der Waals surface area contributed by atoms with Crippen LogP contribution in [0.15, 0.2) is 47.4 Å². The monoisotopic (exact) mass is 372 g/mol. The number of pyridine rings is 1. The van der Waals surface area contributed by atoms with Crippen molar-refractivity contribution in [2.24, 2.45) is 0 Å². The molecule has 0 atom stereocenters. The van der Waals surface area contributed by atoms with Crippen molar-refractivity contribution in [2.75, 3.05) is 5.32 Å². The maximum atomic E-state index is 12.6. The summed E-state index contributed by atoms with van der Waals surface area (Å²) in [6.45, 7) is 0. The predicted octanol–water partition coefficient (Wildman–Crippen LogP) is 3.96. The summed E-state index contributed by atoms with van der Waals surface area (Å²) >= 11 is 12.2. The summed E-state index contributed by atoms with van der Waals surface area (Å²) in [6, 6.07) is 10.1. The van der Waals surface area contributed by atoms with Gasteiger partial charge in [-0.2, -0.15) is 0 Å². The Morgan fingerprint density at radius 1 is 1.00 bits per heavy atom. The summed E-state index contributed by atoms with van der Waals surface area (Å²) in [4.78, 5) is 28.6. The standard InChI is InChI=1S/C17H10Cl2N4O2/c18-10-4-2-5-11(19)13(10)17(25)21-12-6-1-3-8-14-9(7-20-15(8)12)16(24)23-22-14/h1-7H,(H,21,25)(H2,22,23,24). The summed E-state index contributed by atoms with van der Waals surface area (Å²) in [7, 11) is 0. The number of fused-ring (bicyclic) bond motifs is 3. The number of nitrogens with zero attached hydrogens (tertiary/aromatic N) is 1. The zero-order valence-corrected chi connectivity index (χ0v) is 14.1. The number of hydrogen-bond donors (Lipinski definition) is 3. The maximum Gasteiger partial charge on any atom is 0.273 e. The highest BCUT2D eigenvalue weighted by Crippen LogP contribution is 2.29. The van der Waals surface area contributed by atoms with E-state index >= 15 is 0 Å². The van der Waals surface area contributed by atoms with Gasteiger partial charge in [-0.3, -0.25) is 24.8 Å². The Labute approximate surface area is 150 Å². The molecule has 0 aliphatic heterocycles. The van der Waals surface area contributed by atoms with E-state index < -0.39 is 5.91 Å². The van der Waals surface area contributed by atoms with Crippen molar-refractivity contribution in [2.45, 2.75) is 0 Å². The van der Waals surface area contributed by atoms with Gasteiger partial charge in [0, 0.05) is 11.6 Å². The van der Waals surface area contributed by atoms with Gasteiger partial charge in [0.1, 0.15) is 0 Å². The molecule has 2 aromatic heterocycles. The van der Waals surface area contributed by atoms with Crippen molar-refractivity contribution in [3.05, 3.63) is 68.6 Å². The number of hydrogen-bond acceptors (Lipinski definition) is 3.